The number of halogens is 1. The predicted octanol–water partition coefficient (Wildman–Crippen LogP) is 5.16. The zero-order chi connectivity index (χ0) is 26.1. The van der Waals surface area contributed by atoms with E-state index in [4.69, 9.17) is 25.5 Å². The van der Waals surface area contributed by atoms with Crippen LogP contribution in [0.25, 0.3) is 11.0 Å². The number of rotatable bonds is 9. The van der Waals surface area contributed by atoms with Crippen LogP contribution >= 0.6 is 11.6 Å². The normalized spacial score (nSPS) is 15.9. The molecule has 0 bridgehead atoms. The van der Waals surface area contributed by atoms with Crippen molar-refractivity contribution >= 4 is 39.9 Å². The number of carbonyl (C=O) groups is 2. The number of aliphatic hydroxyl groups excluding tert-OH is 1. The minimum atomic E-state index is -0.810. The summed E-state index contributed by atoms with van der Waals surface area (Å²) in [6.07, 6.45) is -0.0273. The molecule has 190 valence electrons. The number of methoxy groups -OCH3 is 1. The first kappa shape index (κ1) is 25.6. The maximum Gasteiger partial charge on any atom is 0.290 e. The SMILES string of the molecule is COc1cc(Cl)cc2cc(C(=O)C3=C(O)C(=O)N(CCOC(C)C)C3c3ccc(N(C)C)cc3)oc12. The number of ether oxygens (including phenoxy) is 2. The number of anilines is 1. The number of aliphatic hydroxyl groups is 1. The van der Waals surface area contributed by atoms with Crippen molar-refractivity contribution in [1.29, 1.82) is 0 Å². The summed E-state index contributed by atoms with van der Waals surface area (Å²) in [4.78, 5) is 30.3. The molecule has 1 amide bonds. The van der Waals surface area contributed by atoms with Crippen molar-refractivity contribution in [1.82, 2.24) is 4.90 Å². The van der Waals surface area contributed by atoms with Gasteiger partial charge in [0.25, 0.3) is 5.91 Å². The second-order valence-electron chi connectivity index (χ2n) is 9.04. The van der Waals surface area contributed by atoms with Gasteiger partial charge in [0, 0.05) is 42.8 Å². The number of benzene rings is 2. The first-order valence-electron chi connectivity index (χ1n) is 11.6. The van der Waals surface area contributed by atoms with E-state index in [-0.39, 0.29) is 30.6 Å². The molecule has 8 nitrogen and oxygen atoms in total. The van der Waals surface area contributed by atoms with E-state index < -0.39 is 23.5 Å². The fraction of sp³-hybridized carbons (Fsp3) is 0.333. The standard InChI is InChI=1S/C27H29ClN2O6/c1-15(2)35-11-10-30-23(16-6-8-19(9-7-16)29(3)4)22(25(32)27(30)33)24(31)20-13-17-12-18(28)14-21(34-5)26(17)36-20/h6-9,12-15,23,32H,10-11H2,1-5H3. The van der Waals surface area contributed by atoms with Crippen LogP contribution in [-0.4, -0.2) is 62.2 Å². The van der Waals surface area contributed by atoms with E-state index in [1.807, 2.05) is 57.1 Å². The third kappa shape index (κ3) is 4.79. The van der Waals surface area contributed by atoms with Crippen molar-refractivity contribution in [3.63, 3.8) is 0 Å². The lowest BCUT2D eigenvalue weighted by atomic mass is 9.94. The Bertz CT molecular complexity index is 1330. The van der Waals surface area contributed by atoms with Crippen molar-refractivity contribution in [2.75, 3.05) is 39.3 Å². The fourth-order valence-corrected chi connectivity index (χ4v) is 4.50. The number of ketones is 1. The summed E-state index contributed by atoms with van der Waals surface area (Å²) in [6, 6.07) is 11.4. The Kier molecular flexibility index (Phi) is 7.28. The van der Waals surface area contributed by atoms with Gasteiger partial charge in [-0.25, -0.2) is 0 Å². The summed E-state index contributed by atoms with van der Waals surface area (Å²) < 4.78 is 16.8. The van der Waals surface area contributed by atoms with E-state index >= 15 is 0 Å². The summed E-state index contributed by atoms with van der Waals surface area (Å²) in [7, 11) is 5.32. The third-order valence-corrected chi connectivity index (χ3v) is 6.27. The molecule has 1 N–H and O–H groups in total. The Labute approximate surface area is 214 Å². The lowest BCUT2D eigenvalue weighted by molar-refractivity contribution is -0.130. The molecule has 0 spiro atoms. The summed E-state index contributed by atoms with van der Waals surface area (Å²) in [6.45, 7) is 4.25. The van der Waals surface area contributed by atoms with Gasteiger partial charge in [-0.15, -0.1) is 0 Å². The zero-order valence-corrected chi connectivity index (χ0v) is 21.6. The highest BCUT2D eigenvalue weighted by molar-refractivity contribution is 6.31. The Morgan fingerprint density at radius 3 is 2.50 bits per heavy atom. The molecule has 0 aliphatic carbocycles. The van der Waals surface area contributed by atoms with Gasteiger partial charge in [-0.05, 0) is 43.7 Å². The molecule has 1 unspecified atom stereocenters. The third-order valence-electron chi connectivity index (χ3n) is 6.05. The molecule has 1 aliphatic heterocycles. The number of carbonyl (C=O) groups excluding carboxylic acids is 2. The van der Waals surface area contributed by atoms with Crippen molar-refractivity contribution in [2.45, 2.75) is 26.0 Å². The molecule has 36 heavy (non-hydrogen) atoms. The van der Waals surface area contributed by atoms with E-state index in [2.05, 4.69) is 0 Å². The van der Waals surface area contributed by atoms with E-state index in [1.54, 1.807) is 12.1 Å². The second-order valence-corrected chi connectivity index (χ2v) is 9.47. The average Bonchev–Trinajstić information content (AvgIpc) is 3.37. The van der Waals surface area contributed by atoms with Gasteiger partial charge in [-0.3, -0.25) is 9.59 Å². The topological polar surface area (TPSA) is 92.5 Å². The highest BCUT2D eigenvalue weighted by atomic mass is 35.5. The molecular weight excluding hydrogens is 484 g/mol. The molecule has 0 saturated carbocycles. The summed E-state index contributed by atoms with van der Waals surface area (Å²) in [5.41, 5.74) is 1.94. The van der Waals surface area contributed by atoms with E-state index in [0.717, 1.165) is 5.69 Å². The highest BCUT2D eigenvalue weighted by Gasteiger charge is 2.44. The molecule has 4 rings (SSSR count). The molecule has 0 saturated heterocycles. The zero-order valence-electron chi connectivity index (χ0n) is 20.9. The highest BCUT2D eigenvalue weighted by Crippen LogP contribution is 2.41. The van der Waals surface area contributed by atoms with Gasteiger partial charge < -0.3 is 28.8 Å². The van der Waals surface area contributed by atoms with Gasteiger partial charge in [0.05, 0.1) is 31.4 Å². The van der Waals surface area contributed by atoms with Gasteiger partial charge in [0.15, 0.2) is 22.9 Å². The smallest absolute Gasteiger partial charge is 0.290 e. The monoisotopic (exact) mass is 512 g/mol. The number of hydrogen-bond donors (Lipinski definition) is 1. The average molecular weight is 513 g/mol. The summed E-state index contributed by atoms with van der Waals surface area (Å²) in [5.74, 6) is -1.49. The Hall–Kier alpha value is -3.49. The van der Waals surface area contributed by atoms with Crippen LogP contribution in [-0.2, 0) is 9.53 Å². The Balaban J connectivity index is 1.77. The molecule has 2 heterocycles. The molecule has 0 radical (unpaired) electrons. The lowest BCUT2D eigenvalue weighted by Crippen LogP contribution is -2.34. The number of amides is 1. The number of furan rings is 1. The van der Waals surface area contributed by atoms with Gasteiger partial charge in [-0.2, -0.15) is 0 Å². The minimum Gasteiger partial charge on any atom is -0.503 e. The number of fused-ring (bicyclic) bond motifs is 1. The second kappa shape index (κ2) is 10.2. The van der Waals surface area contributed by atoms with Crippen LogP contribution in [0.1, 0.15) is 36.0 Å². The molecule has 1 atom stereocenters. The van der Waals surface area contributed by atoms with E-state index in [0.29, 0.717) is 27.3 Å². The van der Waals surface area contributed by atoms with Crippen LogP contribution in [0.15, 0.2) is 58.2 Å². The quantitative estimate of drug-likeness (QED) is 0.396. The van der Waals surface area contributed by atoms with Crippen LogP contribution < -0.4 is 9.64 Å². The Morgan fingerprint density at radius 2 is 1.89 bits per heavy atom. The molecule has 1 aromatic heterocycles. The van der Waals surface area contributed by atoms with Gasteiger partial charge in [0.2, 0.25) is 5.78 Å². The minimum absolute atomic E-state index is 0.0273. The molecule has 3 aromatic rings. The van der Waals surface area contributed by atoms with Crippen LogP contribution in [0.3, 0.4) is 0 Å². The van der Waals surface area contributed by atoms with Crippen molar-refractivity contribution < 1.29 is 28.6 Å². The van der Waals surface area contributed by atoms with Crippen molar-refractivity contribution in [2.24, 2.45) is 0 Å². The first-order valence-corrected chi connectivity index (χ1v) is 11.9. The first-order chi connectivity index (χ1) is 17.1. The largest absolute Gasteiger partial charge is 0.503 e. The van der Waals surface area contributed by atoms with Gasteiger partial charge in [0.1, 0.15) is 0 Å². The van der Waals surface area contributed by atoms with Crippen LogP contribution in [0.5, 0.6) is 5.75 Å². The number of hydrogen-bond acceptors (Lipinski definition) is 7. The number of nitrogens with zero attached hydrogens (tertiary/aromatic N) is 2. The molecular formula is C27H29ClN2O6. The maximum absolute atomic E-state index is 13.7. The molecule has 2 aromatic carbocycles. The van der Waals surface area contributed by atoms with Crippen molar-refractivity contribution in [3.05, 3.63) is 70.1 Å². The van der Waals surface area contributed by atoms with Crippen LogP contribution in [0.2, 0.25) is 5.02 Å². The molecule has 9 heteroatoms. The fourth-order valence-electron chi connectivity index (χ4n) is 4.29. The maximum atomic E-state index is 13.7. The van der Waals surface area contributed by atoms with Gasteiger partial charge in [-0.1, -0.05) is 23.7 Å². The predicted molar refractivity (Wildman–Crippen MR) is 138 cm³/mol. The van der Waals surface area contributed by atoms with Crippen molar-refractivity contribution in [3.8, 4) is 5.75 Å². The van der Waals surface area contributed by atoms with E-state index in [9.17, 15) is 14.7 Å². The summed E-state index contributed by atoms with van der Waals surface area (Å²) >= 11 is 6.17. The molecule has 1 aliphatic rings. The van der Waals surface area contributed by atoms with Crippen LogP contribution in [0, 0.1) is 0 Å². The number of Topliss-reactive ketones (excluding diaryl/α,β-unsaturated/α-hetero) is 1. The van der Waals surface area contributed by atoms with Gasteiger partial charge >= 0.3 is 0 Å². The van der Waals surface area contributed by atoms with Crippen LogP contribution in [0.4, 0.5) is 5.69 Å². The Morgan fingerprint density at radius 1 is 1.19 bits per heavy atom. The summed E-state index contributed by atoms with van der Waals surface area (Å²) in [5, 5.41) is 11.9. The van der Waals surface area contributed by atoms with E-state index in [1.165, 1.54) is 18.1 Å². The molecule has 0 fully saturated rings. The lowest BCUT2D eigenvalue weighted by Gasteiger charge is -2.27.